The summed E-state index contributed by atoms with van der Waals surface area (Å²) in [5, 5.41) is 14.0. The quantitative estimate of drug-likeness (QED) is 0.326. The molecule has 0 bridgehead atoms. The summed E-state index contributed by atoms with van der Waals surface area (Å²) in [5.74, 6) is 1.37. The van der Waals surface area contributed by atoms with Crippen molar-refractivity contribution in [1.29, 1.82) is 0 Å². The maximum absolute atomic E-state index is 11.5. The van der Waals surface area contributed by atoms with Gasteiger partial charge in [-0.1, -0.05) is 37.6 Å². The molecule has 3 atom stereocenters. The molecule has 0 amide bonds. The SMILES string of the molecule is CC1=CC[C@@H]2C(C)(C)C(=NO)CC[C@]2(C)[C@H]1COc1ccc2ccc(=O)oc2c1. The van der Waals surface area contributed by atoms with Crippen LogP contribution in [0, 0.1) is 22.7 Å². The molecule has 2 aromatic rings. The van der Waals surface area contributed by atoms with Crippen LogP contribution in [0.15, 0.2) is 56.3 Å². The number of ether oxygens (including phenoxy) is 1. The number of allylic oxidation sites excluding steroid dienone is 1. The first kappa shape index (κ1) is 19.7. The van der Waals surface area contributed by atoms with Gasteiger partial charge in [-0.15, -0.1) is 0 Å². The Bertz CT molecular complexity index is 1050. The highest BCUT2D eigenvalue weighted by molar-refractivity contribution is 5.90. The molecule has 1 saturated carbocycles. The zero-order chi connectivity index (χ0) is 20.8. The van der Waals surface area contributed by atoms with Crippen molar-refractivity contribution < 1.29 is 14.4 Å². The van der Waals surface area contributed by atoms with E-state index in [2.05, 4.69) is 38.9 Å². The first-order chi connectivity index (χ1) is 13.8. The summed E-state index contributed by atoms with van der Waals surface area (Å²) in [5.41, 5.74) is 2.36. The van der Waals surface area contributed by atoms with Crippen LogP contribution in [0.2, 0.25) is 0 Å². The second-order valence-corrected chi connectivity index (χ2v) is 9.33. The molecule has 1 heterocycles. The Balaban J connectivity index is 1.60. The fourth-order valence-corrected chi connectivity index (χ4v) is 5.67. The Morgan fingerprint density at radius 2 is 2.00 bits per heavy atom. The lowest BCUT2D eigenvalue weighted by Gasteiger charge is -2.56. The number of hydrogen-bond donors (Lipinski definition) is 1. The fraction of sp³-hybridized carbons (Fsp3) is 0.500. The average molecular weight is 395 g/mol. The number of benzene rings is 1. The van der Waals surface area contributed by atoms with E-state index in [1.54, 1.807) is 12.1 Å². The number of oxime groups is 1. The van der Waals surface area contributed by atoms with E-state index < -0.39 is 0 Å². The first-order valence-corrected chi connectivity index (χ1v) is 10.3. The highest BCUT2D eigenvalue weighted by atomic mass is 16.5. The normalized spacial score (nSPS) is 30.1. The van der Waals surface area contributed by atoms with E-state index in [0.717, 1.165) is 30.4 Å². The van der Waals surface area contributed by atoms with Crippen LogP contribution in [0.5, 0.6) is 5.75 Å². The highest BCUT2D eigenvalue weighted by Gasteiger charge is 2.54. The van der Waals surface area contributed by atoms with Crippen LogP contribution in [-0.2, 0) is 0 Å². The summed E-state index contributed by atoms with van der Waals surface area (Å²) < 4.78 is 11.5. The molecular weight excluding hydrogens is 366 g/mol. The van der Waals surface area contributed by atoms with Gasteiger partial charge in [0.05, 0.1) is 12.3 Å². The smallest absolute Gasteiger partial charge is 0.336 e. The Morgan fingerprint density at radius 1 is 1.24 bits per heavy atom. The average Bonchev–Trinajstić information content (AvgIpc) is 2.66. The van der Waals surface area contributed by atoms with Crippen LogP contribution in [0.3, 0.4) is 0 Å². The number of fused-ring (bicyclic) bond motifs is 2. The lowest BCUT2D eigenvalue weighted by Crippen LogP contribution is -2.53. The van der Waals surface area contributed by atoms with E-state index in [-0.39, 0.29) is 22.4 Å². The number of nitrogens with zero attached hydrogens (tertiary/aromatic N) is 1. The van der Waals surface area contributed by atoms with E-state index in [9.17, 15) is 10.0 Å². The molecule has 2 aliphatic carbocycles. The van der Waals surface area contributed by atoms with Crippen LogP contribution in [0.4, 0.5) is 0 Å². The third kappa shape index (κ3) is 3.26. The van der Waals surface area contributed by atoms with Gasteiger partial charge in [-0.2, -0.15) is 0 Å². The summed E-state index contributed by atoms with van der Waals surface area (Å²) in [4.78, 5) is 11.5. The zero-order valence-electron chi connectivity index (χ0n) is 17.6. The Labute approximate surface area is 171 Å². The molecule has 2 aliphatic rings. The maximum Gasteiger partial charge on any atom is 0.336 e. The van der Waals surface area contributed by atoms with Crippen molar-refractivity contribution in [2.75, 3.05) is 6.61 Å². The van der Waals surface area contributed by atoms with Crippen molar-refractivity contribution >= 4 is 16.7 Å². The van der Waals surface area contributed by atoms with Crippen LogP contribution >= 0.6 is 0 Å². The van der Waals surface area contributed by atoms with Crippen molar-refractivity contribution in [3.63, 3.8) is 0 Å². The topological polar surface area (TPSA) is 72.0 Å². The molecule has 29 heavy (non-hydrogen) atoms. The van der Waals surface area contributed by atoms with Crippen molar-refractivity contribution in [3.8, 4) is 5.75 Å². The molecule has 4 rings (SSSR count). The molecule has 1 N–H and O–H groups in total. The van der Waals surface area contributed by atoms with Gasteiger partial charge in [-0.25, -0.2) is 4.79 Å². The van der Waals surface area contributed by atoms with Crippen molar-refractivity contribution in [1.82, 2.24) is 0 Å². The highest BCUT2D eigenvalue weighted by Crippen LogP contribution is 2.58. The van der Waals surface area contributed by atoms with E-state index in [0.29, 0.717) is 23.9 Å². The van der Waals surface area contributed by atoms with Crippen LogP contribution in [0.1, 0.15) is 47.0 Å². The molecule has 1 aromatic heterocycles. The van der Waals surface area contributed by atoms with Gasteiger partial charge in [0.1, 0.15) is 11.3 Å². The molecule has 154 valence electrons. The third-order valence-corrected chi connectivity index (χ3v) is 7.46. The van der Waals surface area contributed by atoms with Gasteiger partial charge in [0, 0.05) is 28.9 Å². The Kier molecular flexibility index (Phi) is 4.80. The van der Waals surface area contributed by atoms with E-state index in [4.69, 9.17) is 9.15 Å². The van der Waals surface area contributed by atoms with Gasteiger partial charge >= 0.3 is 5.63 Å². The molecule has 0 radical (unpaired) electrons. The van der Waals surface area contributed by atoms with Gasteiger partial charge in [0.25, 0.3) is 0 Å². The minimum absolute atomic E-state index is 0.0694. The standard InChI is InChI=1S/C24H29NO4/c1-15-5-9-20-23(2,3)21(25-27)11-12-24(20,4)18(15)14-28-17-8-6-16-7-10-22(26)29-19(16)13-17/h5-8,10,13,18,20,27H,9,11-12,14H2,1-4H3/t18-,20+,24+/m0/s1. The zero-order valence-corrected chi connectivity index (χ0v) is 17.6. The van der Waals surface area contributed by atoms with E-state index >= 15 is 0 Å². The van der Waals surface area contributed by atoms with Gasteiger partial charge in [-0.3, -0.25) is 0 Å². The fourth-order valence-electron chi connectivity index (χ4n) is 5.67. The summed E-state index contributed by atoms with van der Waals surface area (Å²) >= 11 is 0. The molecule has 1 fully saturated rings. The monoisotopic (exact) mass is 395 g/mol. The number of hydrogen-bond acceptors (Lipinski definition) is 5. The summed E-state index contributed by atoms with van der Waals surface area (Å²) in [6.07, 6.45) is 5.10. The lowest BCUT2D eigenvalue weighted by molar-refractivity contribution is -0.000645. The van der Waals surface area contributed by atoms with Crippen molar-refractivity contribution in [2.24, 2.45) is 27.8 Å². The van der Waals surface area contributed by atoms with Gasteiger partial charge < -0.3 is 14.4 Å². The van der Waals surface area contributed by atoms with E-state index in [1.165, 1.54) is 11.6 Å². The summed E-state index contributed by atoms with van der Waals surface area (Å²) in [6, 6.07) is 8.81. The van der Waals surface area contributed by atoms with E-state index in [1.807, 2.05) is 12.1 Å². The molecule has 1 aromatic carbocycles. The van der Waals surface area contributed by atoms with Crippen molar-refractivity contribution in [2.45, 2.75) is 47.0 Å². The third-order valence-electron chi connectivity index (χ3n) is 7.46. The molecule has 0 aliphatic heterocycles. The first-order valence-electron chi connectivity index (χ1n) is 10.3. The second kappa shape index (κ2) is 7.05. The van der Waals surface area contributed by atoms with Crippen LogP contribution in [0.25, 0.3) is 11.0 Å². The molecule has 0 saturated heterocycles. The molecule has 5 heteroatoms. The Hall–Kier alpha value is -2.56. The predicted octanol–water partition coefficient (Wildman–Crippen LogP) is 5.41. The minimum Gasteiger partial charge on any atom is -0.493 e. The van der Waals surface area contributed by atoms with Gasteiger partial charge in [0.2, 0.25) is 0 Å². The van der Waals surface area contributed by atoms with Crippen LogP contribution in [-0.4, -0.2) is 17.5 Å². The summed E-state index contributed by atoms with van der Waals surface area (Å²) in [7, 11) is 0. The molecule has 5 nitrogen and oxygen atoms in total. The summed E-state index contributed by atoms with van der Waals surface area (Å²) in [6.45, 7) is 9.51. The molecular formula is C24H29NO4. The predicted molar refractivity (Wildman–Crippen MR) is 114 cm³/mol. The van der Waals surface area contributed by atoms with Gasteiger partial charge in [0.15, 0.2) is 0 Å². The largest absolute Gasteiger partial charge is 0.493 e. The number of rotatable bonds is 3. The van der Waals surface area contributed by atoms with Crippen LogP contribution < -0.4 is 10.4 Å². The molecule has 0 unspecified atom stereocenters. The second-order valence-electron chi connectivity index (χ2n) is 9.33. The Morgan fingerprint density at radius 3 is 2.76 bits per heavy atom. The minimum atomic E-state index is -0.359. The lowest BCUT2D eigenvalue weighted by atomic mass is 9.48. The van der Waals surface area contributed by atoms with Crippen molar-refractivity contribution in [3.05, 3.63) is 52.4 Å². The molecule has 0 spiro atoms. The maximum atomic E-state index is 11.5. The van der Waals surface area contributed by atoms with Gasteiger partial charge in [-0.05, 0) is 55.7 Å².